The molecule has 1 atom stereocenters. The van der Waals surface area contributed by atoms with Gasteiger partial charge in [-0.3, -0.25) is 4.79 Å². The quantitative estimate of drug-likeness (QED) is 0.726. The molecule has 0 bridgehead atoms. The van der Waals surface area contributed by atoms with Crippen LogP contribution >= 0.6 is 11.8 Å². The average molecular weight is 333 g/mol. The van der Waals surface area contributed by atoms with Crippen LogP contribution in [0.4, 0.5) is 5.69 Å². The van der Waals surface area contributed by atoms with Crippen molar-refractivity contribution in [3.8, 4) is 6.07 Å². The number of para-hydroxylation sites is 1. The summed E-state index contributed by atoms with van der Waals surface area (Å²) in [7, 11) is 0. The Morgan fingerprint density at radius 1 is 1.17 bits per heavy atom. The number of rotatable bonds is 4. The van der Waals surface area contributed by atoms with Crippen molar-refractivity contribution in [3.63, 3.8) is 0 Å². The van der Waals surface area contributed by atoms with E-state index >= 15 is 0 Å². The number of benzene rings is 2. The molecule has 4 nitrogen and oxygen atoms in total. The Morgan fingerprint density at radius 3 is 2.83 bits per heavy atom. The minimum atomic E-state index is -0.301. The van der Waals surface area contributed by atoms with Crippen LogP contribution in [-0.2, 0) is 4.79 Å². The monoisotopic (exact) mass is 333 g/mol. The van der Waals surface area contributed by atoms with Gasteiger partial charge in [0.1, 0.15) is 0 Å². The summed E-state index contributed by atoms with van der Waals surface area (Å²) < 4.78 is 0. The van der Waals surface area contributed by atoms with E-state index in [0.717, 1.165) is 15.9 Å². The molecule has 0 aliphatic carbocycles. The van der Waals surface area contributed by atoms with Crippen molar-refractivity contribution < 1.29 is 4.79 Å². The molecule has 24 heavy (non-hydrogen) atoms. The summed E-state index contributed by atoms with van der Waals surface area (Å²) in [5.41, 5.74) is 2.05. The molecule has 0 saturated carbocycles. The first-order valence-corrected chi connectivity index (χ1v) is 8.37. The fourth-order valence-electron chi connectivity index (χ4n) is 2.26. The van der Waals surface area contributed by atoms with E-state index < -0.39 is 0 Å². The molecule has 5 heteroatoms. The minimum Gasteiger partial charge on any atom is -0.325 e. The number of nitrogens with one attached hydrogen (secondary N) is 1. The van der Waals surface area contributed by atoms with Crippen LogP contribution < -0.4 is 5.32 Å². The molecule has 0 fully saturated rings. The highest BCUT2D eigenvalue weighted by molar-refractivity contribution is 8.00. The summed E-state index contributed by atoms with van der Waals surface area (Å²) in [6.07, 6.45) is 0. The van der Waals surface area contributed by atoms with Gasteiger partial charge in [-0.15, -0.1) is 0 Å². The van der Waals surface area contributed by atoms with Crippen LogP contribution in [0.15, 0.2) is 65.7 Å². The molecule has 0 radical (unpaired) electrons. The minimum absolute atomic E-state index is 0.120. The number of pyridine rings is 1. The summed E-state index contributed by atoms with van der Waals surface area (Å²) in [4.78, 5) is 16.9. The number of nitriles is 1. The second-order valence-corrected chi connectivity index (χ2v) is 6.65. The van der Waals surface area contributed by atoms with Gasteiger partial charge < -0.3 is 5.32 Å². The molecule has 0 aliphatic rings. The largest absolute Gasteiger partial charge is 0.325 e. The van der Waals surface area contributed by atoms with E-state index in [4.69, 9.17) is 5.26 Å². The number of hydrogen-bond donors (Lipinski definition) is 1. The van der Waals surface area contributed by atoms with Crippen LogP contribution in [0.1, 0.15) is 12.5 Å². The Hall–Kier alpha value is -2.84. The molecule has 3 aromatic rings. The highest BCUT2D eigenvalue weighted by atomic mass is 32.2. The predicted octanol–water partition coefficient (Wildman–Crippen LogP) is 4.23. The number of hydrogen-bond acceptors (Lipinski definition) is 4. The van der Waals surface area contributed by atoms with E-state index in [1.54, 1.807) is 24.3 Å². The third-order valence-corrected chi connectivity index (χ3v) is 4.54. The zero-order chi connectivity index (χ0) is 16.9. The lowest BCUT2D eigenvalue weighted by Gasteiger charge is -2.12. The van der Waals surface area contributed by atoms with Crippen molar-refractivity contribution in [2.75, 3.05) is 5.32 Å². The predicted molar refractivity (Wildman–Crippen MR) is 96.8 cm³/mol. The normalized spacial score (nSPS) is 11.7. The van der Waals surface area contributed by atoms with Crippen molar-refractivity contribution >= 4 is 34.3 Å². The topological polar surface area (TPSA) is 65.8 Å². The van der Waals surface area contributed by atoms with Crippen LogP contribution in [0.2, 0.25) is 0 Å². The summed E-state index contributed by atoms with van der Waals surface area (Å²) in [5, 5.41) is 13.3. The summed E-state index contributed by atoms with van der Waals surface area (Å²) in [6.45, 7) is 1.84. The molecule has 2 aromatic carbocycles. The van der Waals surface area contributed by atoms with Gasteiger partial charge in [-0.2, -0.15) is 5.26 Å². The SMILES string of the molecule is CC(Sc1ccc2ccccc2n1)C(=O)Nc1cccc(C#N)c1. The zero-order valence-electron chi connectivity index (χ0n) is 13.1. The maximum absolute atomic E-state index is 12.3. The molecule has 0 aliphatic heterocycles. The molecular weight excluding hydrogens is 318 g/mol. The molecule has 1 amide bonds. The molecule has 3 rings (SSSR count). The van der Waals surface area contributed by atoms with E-state index in [0.29, 0.717) is 11.3 Å². The second-order valence-electron chi connectivity index (χ2n) is 5.28. The first-order valence-electron chi connectivity index (χ1n) is 7.49. The van der Waals surface area contributed by atoms with Gasteiger partial charge in [0.05, 0.1) is 27.4 Å². The lowest BCUT2D eigenvalue weighted by molar-refractivity contribution is -0.115. The molecule has 118 valence electrons. The van der Waals surface area contributed by atoms with Crippen LogP contribution in [0.3, 0.4) is 0 Å². The van der Waals surface area contributed by atoms with Gasteiger partial charge in [0.25, 0.3) is 0 Å². The number of carbonyl (C=O) groups excluding carboxylic acids is 1. The fourth-order valence-corrected chi connectivity index (χ4v) is 3.08. The van der Waals surface area contributed by atoms with Crippen LogP contribution in [0.25, 0.3) is 10.9 Å². The van der Waals surface area contributed by atoms with Crippen molar-refractivity contribution in [2.45, 2.75) is 17.2 Å². The average Bonchev–Trinajstić information content (AvgIpc) is 2.61. The highest BCUT2D eigenvalue weighted by Gasteiger charge is 2.15. The van der Waals surface area contributed by atoms with Gasteiger partial charge in [-0.25, -0.2) is 4.98 Å². The fraction of sp³-hybridized carbons (Fsp3) is 0.105. The maximum Gasteiger partial charge on any atom is 0.237 e. The van der Waals surface area contributed by atoms with Gasteiger partial charge in [0.15, 0.2) is 0 Å². The Morgan fingerprint density at radius 2 is 2.00 bits per heavy atom. The highest BCUT2D eigenvalue weighted by Crippen LogP contribution is 2.25. The van der Waals surface area contributed by atoms with Gasteiger partial charge >= 0.3 is 0 Å². The van der Waals surface area contributed by atoms with Gasteiger partial charge in [-0.1, -0.05) is 42.1 Å². The molecule has 1 unspecified atom stereocenters. The number of anilines is 1. The van der Waals surface area contributed by atoms with E-state index in [-0.39, 0.29) is 11.2 Å². The molecular formula is C19H15N3OS. The number of aromatic nitrogens is 1. The third kappa shape index (κ3) is 3.73. The Bertz CT molecular complexity index is 933. The number of amides is 1. The second kappa shape index (κ2) is 7.16. The molecule has 1 N–H and O–H groups in total. The summed E-state index contributed by atoms with van der Waals surface area (Å²) in [5.74, 6) is -0.120. The Kier molecular flexibility index (Phi) is 4.78. The first kappa shape index (κ1) is 16.0. The standard InChI is InChI=1S/C19H15N3OS/c1-13(19(23)21-16-7-4-5-14(11-16)12-20)24-18-10-9-15-6-2-3-8-17(15)22-18/h2-11,13H,1H3,(H,21,23). The van der Waals surface area contributed by atoms with Crippen molar-refractivity contribution in [1.29, 1.82) is 5.26 Å². The molecule has 1 heterocycles. The molecule has 1 aromatic heterocycles. The van der Waals surface area contributed by atoms with E-state index in [1.807, 2.05) is 43.3 Å². The van der Waals surface area contributed by atoms with E-state index in [1.165, 1.54) is 11.8 Å². The van der Waals surface area contributed by atoms with E-state index in [9.17, 15) is 4.79 Å². The molecule has 0 spiro atoms. The summed E-state index contributed by atoms with van der Waals surface area (Å²) >= 11 is 1.41. The number of thioether (sulfide) groups is 1. The van der Waals surface area contributed by atoms with Gasteiger partial charge in [0, 0.05) is 11.1 Å². The lowest BCUT2D eigenvalue weighted by atomic mass is 10.2. The van der Waals surface area contributed by atoms with Gasteiger partial charge in [0.2, 0.25) is 5.91 Å². The third-order valence-electron chi connectivity index (χ3n) is 3.50. The smallest absolute Gasteiger partial charge is 0.237 e. The van der Waals surface area contributed by atoms with Crippen molar-refractivity contribution in [3.05, 3.63) is 66.2 Å². The zero-order valence-corrected chi connectivity index (χ0v) is 13.9. The van der Waals surface area contributed by atoms with Crippen molar-refractivity contribution in [2.24, 2.45) is 0 Å². The number of carbonyl (C=O) groups is 1. The summed E-state index contributed by atoms with van der Waals surface area (Å²) in [6, 6.07) is 20.7. The van der Waals surface area contributed by atoms with Gasteiger partial charge in [-0.05, 0) is 37.3 Å². The van der Waals surface area contributed by atoms with Crippen LogP contribution in [-0.4, -0.2) is 16.1 Å². The van der Waals surface area contributed by atoms with Crippen LogP contribution in [0.5, 0.6) is 0 Å². The first-order chi connectivity index (χ1) is 11.7. The van der Waals surface area contributed by atoms with Crippen LogP contribution in [0, 0.1) is 11.3 Å². The number of nitrogens with zero attached hydrogens (tertiary/aromatic N) is 2. The maximum atomic E-state index is 12.3. The lowest BCUT2D eigenvalue weighted by Crippen LogP contribution is -2.22. The number of fused-ring (bicyclic) bond motifs is 1. The Labute approximate surface area is 144 Å². The van der Waals surface area contributed by atoms with Crippen molar-refractivity contribution in [1.82, 2.24) is 4.98 Å². The molecule has 0 saturated heterocycles. The Balaban J connectivity index is 1.69. The van der Waals surface area contributed by atoms with E-state index in [2.05, 4.69) is 16.4 Å².